The van der Waals surface area contributed by atoms with E-state index in [0.717, 1.165) is 31.6 Å². The van der Waals surface area contributed by atoms with Crippen LogP contribution in [-0.4, -0.2) is 31.2 Å². The lowest BCUT2D eigenvalue weighted by atomic mass is 10.2. The average molecular weight is 224 g/mol. The highest BCUT2D eigenvalue weighted by molar-refractivity contribution is 5.41. The van der Waals surface area contributed by atoms with Gasteiger partial charge in [0.2, 0.25) is 0 Å². The van der Waals surface area contributed by atoms with Crippen LogP contribution in [0.1, 0.15) is 12.0 Å². The average Bonchev–Trinajstić information content (AvgIpc) is 2.71. The van der Waals surface area contributed by atoms with Crippen LogP contribution in [0.5, 0.6) is 0 Å². The molecule has 1 unspecified atom stereocenters. The fraction of sp³-hybridized carbons (Fsp3) is 0.500. The first kappa shape index (κ1) is 11.4. The van der Waals surface area contributed by atoms with E-state index in [1.807, 2.05) is 6.07 Å². The summed E-state index contributed by atoms with van der Waals surface area (Å²) >= 11 is 0. The minimum absolute atomic E-state index is 0.208. The van der Waals surface area contributed by atoms with E-state index in [1.165, 1.54) is 6.07 Å². The molecule has 0 amide bonds. The lowest BCUT2D eigenvalue weighted by Crippen LogP contribution is -2.22. The molecule has 0 spiro atoms. The molecule has 1 aromatic rings. The highest BCUT2D eigenvalue weighted by Crippen LogP contribution is 2.17. The second-order valence-electron chi connectivity index (χ2n) is 4.24. The van der Waals surface area contributed by atoms with Gasteiger partial charge in [-0.05, 0) is 24.1 Å². The molecule has 1 fully saturated rings. The number of rotatable bonds is 3. The Hall–Kier alpha value is -1.13. The van der Waals surface area contributed by atoms with Gasteiger partial charge in [0.05, 0.1) is 11.8 Å². The molecule has 3 nitrogen and oxygen atoms in total. The first-order valence-corrected chi connectivity index (χ1v) is 5.48. The molecule has 0 aromatic heterocycles. The van der Waals surface area contributed by atoms with E-state index in [4.69, 9.17) is 10.5 Å². The molecule has 1 saturated heterocycles. The van der Waals surface area contributed by atoms with Crippen molar-refractivity contribution in [2.45, 2.75) is 19.1 Å². The number of hydrogen-bond donors (Lipinski definition) is 1. The third-order valence-corrected chi connectivity index (χ3v) is 3.03. The van der Waals surface area contributed by atoms with Crippen LogP contribution < -0.4 is 5.73 Å². The van der Waals surface area contributed by atoms with Crippen LogP contribution in [0.15, 0.2) is 18.2 Å². The van der Waals surface area contributed by atoms with Crippen LogP contribution in [-0.2, 0) is 11.3 Å². The van der Waals surface area contributed by atoms with E-state index in [-0.39, 0.29) is 11.5 Å². The second kappa shape index (κ2) is 4.80. The van der Waals surface area contributed by atoms with Crippen molar-refractivity contribution in [3.8, 4) is 0 Å². The smallest absolute Gasteiger partial charge is 0.146 e. The molecular formula is C12H17FN2O. The summed E-state index contributed by atoms with van der Waals surface area (Å²) in [4.78, 5) is 2.26. The van der Waals surface area contributed by atoms with Gasteiger partial charge < -0.3 is 10.5 Å². The van der Waals surface area contributed by atoms with Crippen molar-refractivity contribution in [3.63, 3.8) is 0 Å². The molecule has 2 N–H and O–H groups in total. The third-order valence-electron chi connectivity index (χ3n) is 3.03. The number of hydrogen-bond acceptors (Lipinski definition) is 3. The molecule has 0 saturated carbocycles. The van der Waals surface area contributed by atoms with Crippen molar-refractivity contribution in [3.05, 3.63) is 29.6 Å². The topological polar surface area (TPSA) is 38.5 Å². The van der Waals surface area contributed by atoms with Gasteiger partial charge in [-0.15, -0.1) is 0 Å². The highest BCUT2D eigenvalue weighted by atomic mass is 19.1. The lowest BCUT2D eigenvalue weighted by molar-refractivity contribution is 0.107. The Kier molecular flexibility index (Phi) is 3.41. The normalized spacial score (nSPS) is 21.5. The van der Waals surface area contributed by atoms with E-state index in [2.05, 4.69) is 4.90 Å². The van der Waals surface area contributed by atoms with Crippen molar-refractivity contribution < 1.29 is 9.13 Å². The number of ether oxygens (including phenoxy) is 1. The maximum Gasteiger partial charge on any atom is 0.146 e. The fourth-order valence-electron chi connectivity index (χ4n) is 2.06. The number of benzene rings is 1. The summed E-state index contributed by atoms with van der Waals surface area (Å²) in [5.41, 5.74) is 6.60. The Bertz CT molecular complexity index is 370. The minimum Gasteiger partial charge on any atom is -0.396 e. The summed E-state index contributed by atoms with van der Waals surface area (Å²) in [6.07, 6.45) is 1.37. The van der Waals surface area contributed by atoms with Gasteiger partial charge in [0.1, 0.15) is 5.82 Å². The predicted octanol–water partition coefficient (Wildman–Crippen LogP) is 1.63. The Labute approximate surface area is 95.0 Å². The number of likely N-dealkylation sites (tertiary alicyclic amines) is 1. The Morgan fingerprint density at radius 1 is 1.56 bits per heavy atom. The number of methoxy groups -OCH3 is 1. The lowest BCUT2D eigenvalue weighted by Gasteiger charge is -2.15. The molecule has 1 atom stereocenters. The van der Waals surface area contributed by atoms with Gasteiger partial charge in [0.25, 0.3) is 0 Å². The molecule has 16 heavy (non-hydrogen) atoms. The zero-order chi connectivity index (χ0) is 11.5. The van der Waals surface area contributed by atoms with Gasteiger partial charge in [-0.3, -0.25) is 4.90 Å². The number of nitrogen functional groups attached to an aromatic ring is 1. The number of nitrogens with two attached hydrogens (primary N) is 1. The van der Waals surface area contributed by atoms with Gasteiger partial charge in [0.15, 0.2) is 0 Å². The largest absolute Gasteiger partial charge is 0.396 e. The summed E-state index contributed by atoms with van der Waals surface area (Å²) in [6.45, 7) is 2.68. The molecule has 1 aliphatic heterocycles. The number of anilines is 1. The summed E-state index contributed by atoms with van der Waals surface area (Å²) in [6, 6.07) is 5.00. The van der Waals surface area contributed by atoms with E-state index in [1.54, 1.807) is 13.2 Å². The molecule has 1 aromatic carbocycles. The fourth-order valence-corrected chi connectivity index (χ4v) is 2.06. The number of halogens is 1. The third kappa shape index (κ3) is 2.51. The standard InChI is InChI=1S/C12H17FN2O/c1-16-10-4-5-15(8-10)7-9-2-3-12(14)11(13)6-9/h2-3,6,10H,4-5,7-8,14H2,1H3. The van der Waals surface area contributed by atoms with Gasteiger partial charge in [-0.1, -0.05) is 6.07 Å². The molecule has 0 aliphatic carbocycles. The monoisotopic (exact) mass is 224 g/mol. The van der Waals surface area contributed by atoms with Gasteiger partial charge in [-0.2, -0.15) is 0 Å². The molecular weight excluding hydrogens is 207 g/mol. The first-order chi connectivity index (χ1) is 7.69. The van der Waals surface area contributed by atoms with E-state index in [0.29, 0.717) is 6.10 Å². The van der Waals surface area contributed by atoms with Crippen LogP contribution in [0.4, 0.5) is 10.1 Å². The van der Waals surface area contributed by atoms with Crippen molar-refractivity contribution >= 4 is 5.69 Å². The van der Waals surface area contributed by atoms with Gasteiger partial charge in [-0.25, -0.2) is 4.39 Å². The van der Waals surface area contributed by atoms with E-state index < -0.39 is 0 Å². The Morgan fingerprint density at radius 2 is 2.38 bits per heavy atom. The molecule has 0 radical (unpaired) electrons. The zero-order valence-electron chi connectivity index (χ0n) is 9.45. The summed E-state index contributed by atoms with van der Waals surface area (Å²) in [7, 11) is 1.73. The maximum absolute atomic E-state index is 13.2. The van der Waals surface area contributed by atoms with Crippen LogP contribution in [0.2, 0.25) is 0 Å². The van der Waals surface area contributed by atoms with E-state index in [9.17, 15) is 4.39 Å². The summed E-state index contributed by atoms with van der Waals surface area (Å²) in [5, 5.41) is 0. The van der Waals surface area contributed by atoms with Gasteiger partial charge in [0, 0.05) is 26.7 Å². The first-order valence-electron chi connectivity index (χ1n) is 5.48. The Morgan fingerprint density at radius 3 is 3.00 bits per heavy atom. The predicted molar refractivity (Wildman–Crippen MR) is 61.5 cm³/mol. The van der Waals surface area contributed by atoms with Crippen LogP contribution in [0.25, 0.3) is 0 Å². The minimum atomic E-state index is -0.333. The van der Waals surface area contributed by atoms with Crippen LogP contribution in [0, 0.1) is 5.82 Å². The van der Waals surface area contributed by atoms with Crippen molar-refractivity contribution in [2.24, 2.45) is 0 Å². The summed E-state index contributed by atoms with van der Waals surface area (Å²) in [5.74, 6) is -0.333. The van der Waals surface area contributed by atoms with E-state index >= 15 is 0 Å². The quantitative estimate of drug-likeness (QED) is 0.793. The highest BCUT2D eigenvalue weighted by Gasteiger charge is 2.21. The van der Waals surface area contributed by atoms with Gasteiger partial charge >= 0.3 is 0 Å². The molecule has 1 aliphatic rings. The van der Waals surface area contributed by atoms with Crippen molar-refractivity contribution in [2.75, 3.05) is 25.9 Å². The SMILES string of the molecule is COC1CCN(Cc2ccc(N)c(F)c2)C1. The van der Waals surface area contributed by atoms with Crippen LogP contribution >= 0.6 is 0 Å². The summed E-state index contributed by atoms with van der Waals surface area (Å²) < 4.78 is 18.5. The van der Waals surface area contributed by atoms with Crippen molar-refractivity contribution in [1.29, 1.82) is 0 Å². The molecule has 0 bridgehead atoms. The molecule has 2 rings (SSSR count). The maximum atomic E-state index is 13.2. The zero-order valence-corrected chi connectivity index (χ0v) is 9.45. The van der Waals surface area contributed by atoms with Crippen molar-refractivity contribution in [1.82, 2.24) is 4.90 Å². The van der Waals surface area contributed by atoms with Crippen LogP contribution in [0.3, 0.4) is 0 Å². The molecule has 1 heterocycles. The second-order valence-corrected chi connectivity index (χ2v) is 4.24. The molecule has 4 heteroatoms. The molecule has 88 valence electrons. The number of nitrogens with zero attached hydrogens (tertiary/aromatic N) is 1. The Balaban J connectivity index is 1.97.